The molecule has 5 heteroatoms. The predicted octanol–water partition coefficient (Wildman–Crippen LogP) is 1.63. The smallest absolute Gasteiger partial charge is 0.124 e. The topological polar surface area (TPSA) is 55.2 Å². The zero-order valence-corrected chi connectivity index (χ0v) is 8.94. The van der Waals surface area contributed by atoms with Crippen LogP contribution in [0, 0.1) is 0 Å². The fraction of sp³-hybridized carbons (Fsp3) is 0.200. The van der Waals surface area contributed by atoms with Crippen LogP contribution in [0.15, 0.2) is 29.6 Å². The number of aliphatic hydroxyl groups excluding tert-OH is 1. The van der Waals surface area contributed by atoms with Crippen molar-refractivity contribution in [1.82, 2.24) is 9.59 Å². The van der Waals surface area contributed by atoms with Crippen molar-refractivity contribution >= 4 is 11.5 Å². The molecule has 0 saturated carbocycles. The lowest BCUT2D eigenvalue weighted by Gasteiger charge is -2.08. The molecule has 0 aliphatic carbocycles. The molecule has 0 bridgehead atoms. The van der Waals surface area contributed by atoms with Gasteiger partial charge in [0.05, 0.1) is 7.11 Å². The Balaban J connectivity index is 2.29. The number of aliphatic hydroxyl groups is 1. The average molecular weight is 222 g/mol. The number of aromatic nitrogens is 2. The van der Waals surface area contributed by atoms with Gasteiger partial charge < -0.3 is 9.84 Å². The number of methoxy groups -OCH3 is 1. The van der Waals surface area contributed by atoms with Crippen LogP contribution in [0.4, 0.5) is 0 Å². The summed E-state index contributed by atoms with van der Waals surface area (Å²) in [5, 5.41) is 15.5. The molecule has 2 aromatic rings. The summed E-state index contributed by atoms with van der Waals surface area (Å²) in [6.45, 7) is 0. The first-order valence-corrected chi connectivity index (χ1v) is 5.24. The van der Waals surface area contributed by atoms with E-state index in [1.54, 1.807) is 18.6 Å². The molecule has 4 nitrogen and oxygen atoms in total. The number of benzene rings is 1. The van der Waals surface area contributed by atoms with E-state index in [2.05, 4.69) is 9.59 Å². The van der Waals surface area contributed by atoms with Crippen molar-refractivity contribution < 1.29 is 9.84 Å². The minimum atomic E-state index is -0.737. The van der Waals surface area contributed by atoms with Crippen LogP contribution in [0.5, 0.6) is 5.75 Å². The normalized spacial score (nSPS) is 12.4. The first-order valence-electron chi connectivity index (χ1n) is 4.40. The molecule has 0 amide bonds. The van der Waals surface area contributed by atoms with E-state index in [9.17, 15) is 5.11 Å². The van der Waals surface area contributed by atoms with Crippen LogP contribution in [0.2, 0.25) is 0 Å². The van der Waals surface area contributed by atoms with E-state index in [1.807, 2.05) is 18.2 Å². The van der Waals surface area contributed by atoms with Crippen LogP contribution >= 0.6 is 11.5 Å². The van der Waals surface area contributed by atoms with E-state index in [0.29, 0.717) is 5.69 Å². The summed E-state index contributed by atoms with van der Waals surface area (Å²) < 4.78 is 8.79. The Hall–Kier alpha value is -1.46. The van der Waals surface area contributed by atoms with Crippen molar-refractivity contribution in [2.45, 2.75) is 6.10 Å². The minimum absolute atomic E-state index is 0.563. The van der Waals surface area contributed by atoms with Gasteiger partial charge in [-0.2, -0.15) is 0 Å². The van der Waals surface area contributed by atoms with E-state index in [0.717, 1.165) is 11.3 Å². The lowest BCUT2D eigenvalue weighted by molar-refractivity contribution is 0.214. The number of rotatable bonds is 3. The molecule has 2 rings (SSSR count). The van der Waals surface area contributed by atoms with Crippen molar-refractivity contribution in [2.75, 3.05) is 7.11 Å². The molecule has 0 spiro atoms. The summed E-state index contributed by atoms with van der Waals surface area (Å²) in [6, 6.07) is 7.27. The van der Waals surface area contributed by atoms with Crippen LogP contribution in [0.25, 0.3) is 0 Å². The van der Waals surface area contributed by atoms with Gasteiger partial charge in [-0.3, -0.25) is 0 Å². The average Bonchev–Trinajstić information content (AvgIpc) is 2.81. The van der Waals surface area contributed by atoms with Gasteiger partial charge in [-0.25, -0.2) is 0 Å². The van der Waals surface area contributed by atoms with E-state index in [1.165, 1.54) is 11.5 Å². The summed E-state index contributed by atoms with van der Waals surface area (Å²) in [4.78, 5) is 0. The second kappa shape index (κ2) is 4.37. The van der Waals surface area contributed by atoms with E-state index < -0.39 is 6.10 Å². The Morgan fingerprint density at radius 2 is 2.33 bits per heavy atom. The third-order valence-corrected chi connectivity index (χ3v) is 2.59. The Morgan fingerprint density at radius 1 is 1.47 bits per heavy atom. The SMILES string of the molecule is COc1cccc(C(O)c2csnn2)c1. The van der Waals surface area contributed by atoms with Crippen molar-refractivity contribution in [1.29, 1.82) is 0 Å². The van der Waals surface area contributed by atoms with Gasteiger partial charge in [-0.1, -0.05) is 16.6 Å². The predicted molar refractivity (Wildman–Crippen MR) is 57.0 cm³/mol. The number of nitrogens with zero attached hydrogens (tertiary/aromatic N) is 2. The molecule has 1 aromatic heterocycles. The maximum atomic E-state index is 9.95. The lowest BCUT2D eigenvalue weighted by Crippen LogP contribution is -2.00. The van der Waals surface area contributed by atoms with Crippen LogP contribution in [0.3, 0.4) is 0 Å². The van der Waals surface area contributed by atoms with Gasteiger partial charge in [0.25, 0.3) is 0 Å². The molecule has 1 N–H and O–H groups in total. The fourth-order valence-corrected chi connectivity index (χ4v) is 1.75. The Kier molecular flexibility index (Phi) is 2.94. The molecular weight excluding hydrogens is 212 g/mol. The fourth-order valence-electron chi connectivity index (χ4n) is 1.27. The monoisotopic (exact) mass is 222 g/mol. The van der Waals surface area contributed by atoms with Gasteiger partial charge in [0, 0.05) is 5.38 Å². The van der Waals surface area contributed by atoms with E-state index in [-0.39, 0.29) is 0 Å². The summed E-state index contributed by atoms with van der Waals surface area (Å²) in [6.07, 6.45) is -0.737. The molecule has 0 aliphatic heterocycles. The van der Waals surface area contributed by atoms with Crippen molar-refractivity contribution in [3.8, 4) is 5.75 Å². The quantitative estimate of drug-likeness (QED) is 0.857. The number of hydrogen-bond donors (Lipinski definition) is 1. The van der Waals surface area contributed by atoms with Gasteiger partial charge in [-0.05, 0) is 29.2 Å². The zero-order valence-electron chi connectivity index (χ0n) is 8.12. The first-order chi connectivity index (χ1) is 7.31. The van der Waals surface area contributed by atoms with Gasteiger partial charge in [-0.15, -0.1) is 5.10 Å². The van der Waals surface area contributed by atoms with Crippen LogP contribution in [0.1, 0.15) is 17.4 Å². The standard InChI is InChI=1S/C10H10N2O2S/c1-14-8-4-2-3-7(5-8)10(13)9-6-15-12-11-9/h2-6,10,13H,1H3. The minimum Gasteiger partial charge on any atom is -0.497 e. The van der Waals surface area contributed by atoms with Gasteiger partial charge in [0.1, 0.15) is 17.5 Å². The number of hydrogen-bond acceptors (Lipinski definition) is 5. The molecule has 1 heterocycles. The molecule has 1 aromatic carbocycles. The highest BCUT2D eigenvalue weighted by Gasteiger charge is 2.13. The lowest BCUT2D eigenvalue weighted by atomic mass is 10.1. The van der Waals surface area contributed by atoms with Crippen LogP contribution < -0.4 is 4.74 Å². The molecule has 0 saturated heterocycles. The highest BCUT2D eigenvalue weighted by atomic mass is 32.1. The highest BCUT2D eigenvalue weighted by Crippen LogP contribution is 2.23. The maximum Gasteiger partial charge on any atom is 0.124 e. The van der Waals surface area contributed by atoms with Crippen molar-refractivity contribution in [2.24, 2.45) is 0 Å². The Bertz CT molecular complexity index is 431. The molecule has 15 heavy (non-hydrogen) atoms. The number of ether oxygens (including phenoxy) is 1. The third-order valence-electron chi connectivity index (χ3n) is 2.07. The van der Waals surface area contributed by atoms with E-state index >= 15 is 0 Å². The van der Waals surface area contributed by atoms with Gasteiger partial charge >= 0.3 is 0 Å². The molecule has 0 radical (unpaired) electrons. The third kappa shape index (κ3) is 2.14. The summed E-state index contributed by atoms with van der Waals surface area (Å²) >= 11 is 1.22. The second-order valence-corrected chi connectivity index (χ2v) is 3.62. The van der Waals surface area contributed by atoms with Gasteiger partial charge in [0.2, 0.25) is 0 Å². The van der Waals surface area contributed by atoms with Crippen molar-refractivity contribution in [3.05, 3.63) is 40.9 Å². The zero-order chi connectivity index (χ0) is 10.7. The molecular formula is C10H10N2O2S. The van der Waals surface area contributed by atoms with Crippen LogP contribution in [-0.4, -0.2) is 21.8 Å². The first kappa shape index (κ1) is 10.1. The highest BCUT2D eigenvalue weighted by molar-refractivity contribution is 7.03. The summed E-state index contributed by atoms with van der Waals surface area (Å²) in [5.74, 6) is 0.717. The van der Waals surface area contributed by atoms with Gasteiger partial charge in [0.15, 0.2) is 0 Å². The Morgan fingerprint density at radius 3 is 3.00 bits per heavy atom. The molecule has 0 aliphatic rings. The van der Waals surface area contributed by atoms with E-state index in [4.69, 9.17) is 4.74 Å². The molecule has 1 unspecified atom stereocenters. The Labute approximate surface area is 91.3 Å². The molecule has 1 atom stereocenters. The van der Waals surface area contributed by atoms with Crippen LogP contribution in [-0.2, 0) is 0 Å². The second-order valence-electron chi connectivity index (χ2n) is 3.01. The van der Waals surface area contributed by atoms with Crippen molar-refractivity contribution in [3.63, 3.8) is 0 Å². The molecule has 0 fully saturated rings. The summed E-state index contributed by atoms with van der Waals surface area (Å²) in [7, 11) is 1.59. The molecule has 78 valence electrons. The summed E-state index contributed by atoms with van der Waals surface area (Å²) in [5.41, 5.74) is 1.32. The largest absolute Gasteiger partial charge is 0.497 e. The maximum absolute atomic E-state index is 9.95.